The fourth-order valence-corrected chi connectivity index (χ4v) is 4.03. The van der Waals surface area contributed by atoms with E-state index in [0.29, 0.717) is 11.0 Å². The lowest BCUT2D eigenvalue weighted by molar-refractivity contribution is -0.118. The molecule has 3 aromatic carbocycles. The van der Waals surface area contributed by atoms with Crippen LogP contribution in [0.1, 0.15) is 16.7 Å². The Morgan fingerprint density at radius 3 is 2.47 bits per heavy atom. The van der Waals surface area contributed by atoms with Crippen molar-refractivity contribution in [1.29, 1.82) is 0 Å². The molecular formula is C26H25N5O2S. The highest BCUT2D eigenvalue weighted by Crippen LogP contribution is 2.29. The minimum absolute atomic E-state index is 0.151. The van der Waals surface area contributed by atoms with Crippen LogP contribution in [0.4, 0.5) is 0 Å². The van der Waals surface area contributed by atoms with Gasteiger partial charge in [-0.3, -0.25) is 9.36 Å². The van der Waals surface area contributed by atoms with E-state index in [1.807, 2.05) is 91.2 Å². The van der Waals surface area contributed by atoms with Gasteiger partial charge in [-0.1, -0.05) is 53.7 Å². The minimum Gasteiger partial charge on any atom is -0.497 e. The Kier molecular flexibility index (Phi) is 7.39. The molecule has 172 valence electrons. The molecule has 0 radical (unpaired) electrons. The Bertz CT molecular complexity index is 1300. The van der Waals surface area contributed by atoms with Crippen molar-refractivity contribution in [2.24, 2.45) is 5.10 Å². The van der Waals surface area contributed by atoms with E-state index in [2.05, 4.69) is 20.7 Å². The van der Waals surface area contributed by atoms with Gasteiger partial charge in [-0.15, -0.1) is 10.2 Å². The van der Waals surface area contributed by atoms with Crippen molar-refractivity contribution in [2.75, 3.05) is 12.9 Å². The van der Waals surface area contributed by atoms with E-state index < -0.39 is 0 Å². The number of carbonyl (C=O) groups is 1. The van der Waals surface area contributed by atoms with Crippen molar-refractivity contribution in [2.45, 2.75) is 19.0 Å². The van der Waals surface area contributed by atoms with Gasteiger partial charge >= 0.3 is 0 Å². The summed E-state index contributed by atoms with van der Waals surface area (Å²) in [6.07, 6.45) is 1.65. The Morgan fingerprint density at radius 1 is 1.03 bits per heavy atom. The molecule has 1 aromatic heterocycles. The summed E-state index contributed by atoms with van der Waals surface area (Å²) in [6, 6.07) is 23.6. The molecular weight excluding hydrogens is 446 g/mol. The van der Waals surface area contributed by atoms with E-state index >= 15 is 0 Å². The maximum absolute atomic E-state index is 12.4. The number of hydrogen-bond acceptors (Lipinski definition) is 6. The normalized spacial score (nSPS) is 11.0. The molecule has 34 heavy (non-hydrogen) atoms. The van der Waals surface area contributed by atoms with E-state index in [-0.39, 0.29) is 11.7 Å². The monoisotopic (exact) mass is 471 g/mol. The molecule has 7 nitrogen and oxygen atoms in total. The summed E-state index contributed by atoms with van der Waals surface area (Å²) in [4.78, 5) is 12.4. The zero-order chi connectivity index (χ0) is 23.9. The summed E-state index contributed by atoms with van der Waals surface area (Å²) in [5.74, 6) is 1.38. The van der Waals surface area contributed by atoms with Gasteiger partial charge in [-0.05, 0) is 61.4 Å². The molecule has 1 N–H and O–H groups in total. The number of nitrogens with zero attached hydrogens (tertiary/aromatic N) is 4. The molecule has 0 aliphatic carbocycles. The highest BCUT2D eigenvalue weighted by Gasteiger charge is 2.17. The summed E-state index contributed by atoms with van der Waals surface area (Å²) in [5.41, 5.74) is 7.60. The number of nitrogens with one attached hydrogen (secondary N) is 1. The van der Waals surface area contributed by atoms with Crippen LogP contribution in [-0.2, 0) is 4.79 Å². The number of ether oxygens (including phenoxy) is 1. The molecule has 0 spiro atoms. The third kappa shape index (κ3) is 5.52. The zero-order valence-corrected chi connectivity index (χ0v) is 20.0. The summed E-state index contributed by atoms with van der Waals surface area (Å²) >= 11 is 1.31. The van der Waals surface area contributed by atoms with Gasteiger partial charge in [0.05, 0.1) is 19.1 Å². The van der Waals surface area contributed by atoms with E-state index in [9.17, 15) is 4.79 Å². The van der Waals surface area contributed by atoms with Gasteiger partial charge in [0.15, 0.2) is 11.0 Å². The lowest BCUT2D eigenvalue weighted by atomic mass is 10.1. The van der Waals surface area contributed by atoms with Gasteiger partial charge in [0.1, 0.15) is 5.75 Å². The lowest BCUT2D eigenvalue weighted by Gasteiger charge is -2.11. The molecule has 0 atom stereocenters. The number of aryl methyl sites for hydroxylation is 2. The fourth-order valence-electron chi connectivity index (χ4n) is 3.28. The molecule has 4 rings (SSSR count). The Balaban J connectivity index is 1.53. The Labute approximate surface area is 202 Å². The van der Waals surface area contributed by atoms with Gasteiger partial charge in [0, 0.05) is 11.3 Å². The number of hydrazone groups is 1. The van der Waals surface area contributed by atoms with Gasteiger partial charge in [0.25, 0.3) is 5.91 Å². The summed E-state index contributed by atoms with van der Waals surface area (Å²) in [5, 5.41) is 13.5. The Hall–Kier alpha value is -3.91. The molecule has 0 saturated carbocycles. The highest BCUT2D eigenvalue weighted by molar-refractivity contribution is 7.99. The number of rotatable bonds is 8. The molecule has 0 bridgehead atoms. The van der Waals surface area contributed by atoms with E-state index in [4.69, 9.17) is 4.74 Å². The van der Waals surface area contributed by atoms with Crippen molar-refractivity contribution in [1.82, 2.24) is 20.2 Å². The number of carbonyl (C=O) groups excluding carboxylic acids is 1. The van der Waals surface area contributed by atoms with Crippen LogP contribution in [0.2, 0.25) is 0 Å². The number of aromatic nitrogens is 3. The van der Waals surface area contributed by atoms with E-state index in [0.717, 1.165) is 33.7 Å². The molecule has 0 unspecified atom stereocenters. The second-order valence-electron chi connectivity index (χ2n) is 7.64. The van der Waals surface area contributed by atoms with Crippen LogP contribution in [-0.4, -0.2) is 39.7 Å². The number of methoxy groups -OCH3 is 1. The number of hydrogen-bond donors (Lipinski definition) is 1. The van der Waals surface area contributed by atoms with E-state index in [1.165, 1.54) is 11.8 Å². The SMILES string of the molecule is COc1ccc(-c2nnc(SCC(=O)N/N=C\c3ccccc3C)n2-c2ccc(C)cc2)cc1. The first-order valence-corrected chi connectivity index (χ1v) is 11.7. The van der Waals surface area contributed by atoms with Gasteiger partial charge < -0.3 is 4.74 Å². The third-order valence-corrected chi connectivity index (χ3v) is 6.12. The first-order chi connectivity index (χ1) is 16.5. The van der Waals surface area contributed by atoms with Crippen molar-refractivity contribution in [3.8, 4) is 22.8 Å². The molecule has 4 aromatic rings. The Morgan fingerprint density at radius 2 is 1.76 bits per heavy atom. The topological polar surface area (TPSA) is 81.4 Å². The summed E-state index contributed by atoms with van der Waals surface area (Å²) in [7, 11) is 1.63. The highest BCUT2D eigenvalue weighted by atomic mass is 32.2. The van der Waals surface area contributed by atoms with Crippen LogP contribution in [0.15, 0.2) is 83.1 Å². The largest absolute Gasteiger partial charge is 0.497 e. The fraction of sp³-hybridized carbons (Fsp3) is 0.154. The average molecular weight is 472 g/mol. The van der Waals surface area contributed by atoms with Crippen LogP contribution < -0.4 is 10.2 Å². The first kappa shape index (κ1) is 23.3. The van der Waals surface area contributed by atoms with Crippen LogP contribution >= 0.6 is 11.8 Å². The van der Waals surface area contributed by atoms with Crippen molar-refractivity contribution in [3.05, 3.63) is 89.5 Å². The molecule has 1 amide bonds. The van der Waals surface area contributed by atoms with Crippen LogP contribution in [0.3, 0.4) is 0 Å². The van der Waals surface area contributed by atoms with Crippen molar-refractivity contribution >= 4 is 23.9 Å². The molecule has 0 saturated heterocycles. The second-order valence-corrected chi connectivity index (χ2v) is 8.59. The van der Waals surface area contributed by atoms with Crippen LogP contribution in [0, 0.1) is 13.8 Å². The van der Waals surface area contributed by atoms with Crippen LogP contribution in [0.25, 0.3) is 17.1 Å². The number of benzene rings is 3. The van der Waals surface area contributed by atoms with Gasteiger partial charge in [-0.2, -0.15) is 5.10 Å². The second kappa shape index (κ2) is 10.8. The van der Waals surface area contributed by atoms with Crippen molar-refractivity contribution in [3.63, 3.8) is 0 Å². The molecule has 0 aliphatic rings. The average Bonchev–Trinajstić information content (AvgIpc) is 3.28. The van der Waals surface area contributed by atoms with Crippen molar-refractivity contribution < 1.29 is 9.53 Å². The maximum atomic E-state index is 12.4. The number of amides is 1. The standard InChI is InChI=1S/C26H25N5O2S/c1-18-8-12-22(13-9-18)31-25(20-10-14-23(33-3)15-11-20)29-30-26(31)34-17-24(32)28-27-16-21-7-5-4-6-19(21)2/h4-16H,17H2,1-3H3,(H,28,32)/b27-16-. The lowest BCUT2D eigenvalue weighted by Crippen LogP contribution is -2.20. The molecule has 8 heteroatoms. The molecule has 1 heterocycles. The van der Waals surface area contributed by atoms with Crippen LogP contribution in [0.5, 0.6) is 5.75 Å². The predicted molar refractivity (Wildman–Crippen MR) is 136 cm³/mol. The maximum Gasteiger partial charge on any atom is 0.250 e. The molecule has 0 fully saturated rings. The molecule has 0 aliphatic heterocycles. The zero-order valence-electron chi connectivity index (χ0n) is 19.2. The summed E-state index contributed by atoms with van der Waals surface area (Å²) in [6.45, 7) is 4.04. The summed E-state index contributed by atoms with van der Waals surface area (Å²) < 4.78 is 7.22. The van der Waals surface area contributed by atoms with Gasteiger partial charge in [0.2, 0.25) is 0 Å². The first-order valence-electron chi connectivity index (χ1n) is 10.7. The van der Waals surface area contributed by atoms with Gasteiger partial charge in [-0.25, -0.2) is 5.43 Å². The quantitative estimate of drug-likeness (QED) is 0.227. The predicted octanol–water partition coefficient (Wildman–Crippen LogP) is 4.80. The third-order valence-electron chi connectivity index (χ3n) is 5.19. The number of thioether (sulfide) groups is 1. The smallest absolute Gasteiger partial charge is 0.250 e. The van der Waals surface area contributed by atoms with E-state index in [1.54, 1.807) is 13.3 Å². The minimum atomic E-state index is -0.223.